The number of benzene rings is 1. The highest BCUT2D eigenvalue weighted by Gasteiger charge is 2.33. The maximum atomic E-state index is 11.9. The summed E-state index contributed by atoms with van der Waals surface area (Å²) in [6, 6.07) is 7.44. The lowest BCUT2D eigenvalue weighted by Crippen LogP contribution is -2.41. The van der Waals surface area contributed by atoms with Crippen LogP contribution < -0.4 is 5.32 Å². The van der Waals surface area contributed by atoms with E-state index in [1.54, 1.807) is 0 Å². The van der Waals surface area contributed by atoms with E-state index in [1.807, 2.05) is 24.3 Å². The van der Waals surface area contributed by atoms with Gasteiger partial charge >= 0.3 is 0 Å². The van der Waals surface area contributed by atoms with Gasteiger partial charge in [-0.05, 0) is 17.5 Å². The molecule has 0 aromatic heterocycles. The summed E-state index contributed by atoms with van der Waals surface area (Å²) < 4.78 is 0. The highest BCUT2D eigenvalue weighted by atomic mass is 16.3. The topological polar surface area (TPSA) is 66.4 Å². The summed E-state index contributed by atoms with van der Waals surface area (Å²) in [6.45, 7) is 1.94. The van der Waals surface area contributed by atoms with Gasteiger partial charge < -0.3 is 10.4 Å². The fourth-order valence-corrected chi connectivity index (χ4v) is 2.18. The van der Waals surface area contributed by atoms with E-state index in [0.717, 1.165) is 12.0 Å². The molecule has 1 amide bonds. The molecule has 1 aromatic carbocycles. The molecule has 1 aliphatic rings. The predicted molar refractivity (Wildman–Crippen MR) is 71.5 cm³/mol. The molecule has 1 saturated carbocycles. The molecule has 1 aromatic rings. The molecule has 1 aliphatic carbocycles. The van der Waals surface area contributed by atoms with Gasteiger partial charge in [0.2, 0.25) is 5.91 Å². The van der Waals surface area contributed by atoms with Crippen LogP contribution in [0.5, 0.6) is 0 Å². The molecule has 0 heterocycles. The standard InChI is InChI=1S/C15H19NO3/c1-2-10-3-5-11(6-4-10)14(9-17)16-15(19)12-7-13(18)8-12/h3-6,12,14,17H,2,7-9H2,1H3,(H,16,19). The first-order chi connectivity index (χ1) is 9.13. The molecule has 1 fully saturated rings. The highest BCUT2D eigenvalue weighted by Crippen LogP contribution is 2.24. The quantitative estimate of drug-likeness (QED) is 0.841. The van der Waals surface area contributed by atoms with E-state index >= 15 is 0 Å². The second kappa shape index (κ2) is 5.97. The third kappa shape index (κ3) is 3.20. The van der Waals surface area contributed by atoms with Crippen molar-refractivity contribution in [2.75, 3.05) is 6.61 Å². The third-order valence-corrected chi connectivity index (χ3v) is 3.61. The molecular weight excluding hydrogens is 242 g/mol. The SMILES string of the molecule is CCc1ccc(C(CO)NC(=O)C2CC(=O)C2)cc1. The summed E-state index contributed by atoms with van der Waals surface area (Å²) in [5.41, 5.74) is 2.11. The largest absolute Gasteiger partial charge is 0.394 e. The van der Waals surface area contributed by atoms with Crippen molar-refractivity contribution in [2.24, 2.45) is 5.92 Å². The van der Waals surface area contributed by atoms with Gasteiger partial charge in [0, 0.05) is 12.8 Å². The molecule has 0 aliphatic heterocycles. The van der Waals surface area contributed by atoms with E-state index in [4.69, 9.17) is 0 Å². The molecular formula is C15H19NO3. The van der Waals surface area contributed by atoms with Crippen LogP contribution in [-0.2, 0) is 16.0 Å². The van der Waals surface area contributed by atoms with Crippen molar-refractivity contribution in [3.05, 3.63) is 35.4 Å². The zero-order chi connectivity index (χ0) is 13.8. The van der Waals surface area contributed by atoms with Crippen molar-refractivity contribution in [1.82, 2.24) is 5.32 Å². The highest BCUT2D eigenvalue weighted by molar-refractivity contribution is 5.96. The number of aliphatic hydroxyl groups excluding tert-OH is 1. The van der Waals surface area contributed by atoms with E-state index < -0.39 is 6.04 Å². The number of carbonyl (C=O) groups is 2. The van der Waals surface area contributed by atoms with Crippen molar-refractivity contribution in [1.29, 1.82) is 0 Å². The molecule has 0 spiro atoms. The molecule has 2 N–H and O–H groups in total. The fraction of sp³-hybridized carbons (Fsp3) is 0.467. The Morgan fingerprint density at radius 2 is 2.00 bits per heavy atom. The zero-order valence-electron chi connectivity index (χ0n) is 11.1. The maximum absolute atomic E-state index is 11.9. The average Bonchev–Trinajstić information content (AvgIpc) is 2.41. The van der Waals surface area contributed by atoms with Gasteiger partial charge in [0.05, 0.1) is 18.6 Å². The number of hydrogen-bond donors (Lipinski definition) is 2. The van der Waals surface area contributed by atoms with Crippen LogP contribution >= 0.6 is 0 Å². The second-order valence-corrected chi connectivity index (χ2v) is 4.98. The summed E-state index contributed by atoms with van der Waals surface area (Å²) in [5, 5.41) is 12.2. The number of hydrogen-bond acceptors (Lipinski definition) is 3. The number of carbonyl (C=O) groups excluding carboxylic acids is 2. The van der Waals surface area contributed by atoms with E-state index in [1.165, 1.54) is 5.56 Å². The van der Waals surface area contributed by atoms with Crippen molar-refractivity contribution < 1.29 is 14.7 Å². The molecule has 0 saturated heterocycles. The number of nitrogens with one attached hydrogen (secondary N) is 1. The Kier molecular flexibility index (Phi) is 4.32. The van der Waals surface area contributed by atoms with Crippen LogP contribution in [0.15, 0.2) is 24.3 Å². The normalized spacial score (nSPS) is 16.8. The van der Waals surface area contributed by atoms with Gasteiger partial charge in [-0.1, -0.05) is 31.2 Å². The Balaban J connectivity index is 1.98. The lowest BCUT2D eigenvalue weighted by Gasteiger charge is -2.26. The van der Waals surface area contributed by atoms with Gasteiger partial charge in [-0.3, -0.25) is 9.59 Å². The number of aliphatic hydroxyl groups is 1. The molecule has 19 heavy (non-hydrogen) atoms. The first kappa shape index (κ1) is 13.7. The van der Waals surface area contributed by atoms with Crippen LogP contribution in [0.2, 0.25) is 0 Å². The van der Waals surface area contributed by atoms with Crippen molar-refractivity contribution in [2.45, 2.75) is 32.2 Å². The Labute approximate surface area is 112 Å². The van der Waals surface area contributed by atoms with Crippen LogP contribution in [0, 0.1) is 5.92 Å². The van der Waals surface area contributed by atoms with Crippen LogP contribution in [-0.4, -0.2) is 23.4 Å². The summed E-state index contributed by atoms with van der Waals surface area (Å²) in [5.74, 6) is -0.220. The number of ketones is 1. The number of rotatable bonds is 5. The Morgan fingerprint density at radius 3 is 2.47 bits per heavy atom. The van der Waals surface area contributed by atoms with Crippen LogP contribution in [0.25, 0.3) is 0 Å². The monoisotopic (exact) mass is 261 g/mol. The van der Waals surface area contributed by atoms with Crippen LogP contribution in [0.1, 0.15) is 36.9 Å². The molecule has 0 bridgehead atoms. The minimum Gasteiger partial charge on any atom is -0.394 e. The van der Waals surface area contributed by atoms with E-state index in [2.05, 4.69) is 12.2 Å². The van der Waals surface area contributed by atoms with Crippen molar-refractivity contribution in [3.63, 3.8) is 0 Å². The smallest absolute Gasteiger partial charge is 0.224 e. The minimum atomic E-state index is -0.394. The fourth-order valence-electron chi connectivity index (χ4n) is 2.18. The van der Waals surface area contributed by atoms with Gasteiger partial charge in [0.1, 0.15) is 5.78 Å². The Bertz CT molecular complexity index is 459. The van der Waals surface area contributed by atoms with Crippen LogP contribution in [0.4, 0.5) is 0 Å². The van der Waals surface area contributed by atoms with Gasteiger partial charge in [0.25, 0.3) is 0 Å². The lowest BCUT2D eigenvalue weighted by atomic mass is 9.83. The first-order valence-corrected chi connectivity index (χ1v) is 6.65. The van der Waals surface area contributed by atoms with E-state index in [0.29, 0.717) is 12.8 Å². The molecule has 4 nitrogen and oxygen atoms in total. The van der Waals surface area contributed by atoms with Crippen molar-refractivity contribution >= 4 is 11.7 Å². The first-order valence-electron chi connectivity index (χ1n) is 6.65. The molecule has 102 valence electrons. The number of aryl methyl sites for hydroxylation is 1. The van der Waals surface area contributed by atoms with Crippen molar-refractivity contribution in [3.8, 4) is 0 Å². The van der Waals surface area contributed by atoms with E-state index in [9.17, 15) is 14.7 Å². The predicted octanol–water partition coefficient (Wildman–Crippen LogP) is 1.38. The minimum absolute atomic E-state index is 0.132. The average molecular weight is 261 g/mol. The third-order valence-electron chi connectivity index (χ3n) is 3.61. The zero-order valence-corrected chi connectivity index (χ0v) is 11.1. The second-order valence-electron chi connectivity index (χ2n) is 4.98. The molecule has 1 atom stereocenters. The summed E-state index contributed by atoms with van der Waals surface area (Å²) in [6.07, 6.45) is 1.62. The summed E-state index contributed by atoms with van der Waals surface area (Å²) in [7, 11) is 0. The van der Waals surface area contributed by atoms with Gasteiger partial charge in [-0.2, -0.15) is 0 Å². The lowest BCUT2D eigenvalue weighted by molar-refractivity contribution is -0.138. The van der Waals surface area contributed by atoms with Gasteiger partial charge in [-0.25, -0.2) is 0 Å². The van der Waals surface area contributed by atoms with E-state index in [-0.39, 0.29) is 24.2 Å². The molecule has 1 unspecified atom stereocenters. The molecule has 4 heteroatoms. The Morgan fingerprint density at radius 1 is 1.37 bits per heavy atom. The summed E-state index contributed by atoms with van der Waals surface area (Å²) in [4.78, 5) is 22.7. The molecule has 0 radical (unpaired) electrons. The van der Waals surface area contributed by atoms with Crippen LogP contribution in [0.3, 0.4) is 0 Å². The number of Topliss-reactive ketones (excluding diaryl/α,β-unsaturated/α-hetero) is 1. The van der Waals surface area contributed by atoms with Gasteiger partial charge in [0.15, 0.2) is 0 Å². The maximum Gasteiger partial charge on any atom is 0.224 e. The number of amides is 1. The van der Waals surface area contributed by atoms with Gasteiger partial charge in [-0.15, -0.1) is 0 Å². The molecule has 2 rings (SSSR count). The Hall–Kier alpha value is -1.68. The summed E-state index contributed by atoms with van der Waals surface area (Å²) >= 11 is 0.